The van der Waals surface area contributed by atoms with E-state index in [-0.39, 0.29) is 11.3 Å². The van der Waals surface area contributed by atoms with Gasteiger partial charge in [-0.2, -0.15) is 22.5 Å². The van der Waals surface area contributed by atoms with Crippen molar-refractivity contribution < 1.29 is 17.9 Å². The Morgan fingerprint density at radius 3 is 2.80 bits per heavy atom. The highest BCUT2D eigenvalue weighted by molar-refractivity contribution is 7.07. The first kappa shape index (κ1) is 10.6. The fourth-order valence-electron chi connectivity index (χ4n) is 1.24. The van der Waals surface area contributed by atoms with Crippen LogP contribution in [0, 0.1) is 0 Å². The standard InChI is InChI=1S/C7H8F3N3OS/c8-7(9,10)5-12-6(15-13-5)14-4-1-2-11-3-4/h4,11H,1-3H2. The third-order valence-corrected chi connectivity index (χ3v) is 2.55. The molecular formula is C7H8F3N3OS. The summed E-state index contributed by atoms with van der Waals surface area (Å²) in [6.07, 6.45) is -3.81. The Morgan fingerprint density at radius 1 is 1.47 bits per heavy atom. The lowest BCUT2D eigenvalue weighted by molar-refractivity contribution is -0.144. The number of nitrogens with zero attached hydrogens (tertiary/aromatic N) is 2. The molecule has 1 N–H and O–H groups in total. The Balaban J connectivity index is 2.00. The van der Waals surface area contributed by atoms with Crippen LogP contribution < -0.4 is 10.1 Å². The van der Waals surface area contributed by atoms with Gasteiger partial charge in [-0.05, 0) is 13.0 Å². The molecule has 2 heterocycles. The molecule has 0 bridgehead atoms. The number of nitrogens with one attached hydrogen (secondary N) is 1. The van der Waals surface area contributed by atoms with Crippen LogP contribution in [0.1, 0.15) is 12.2 Å². The van der Waals surface area contributed by atoms with Crippen LogP contribution in [0.4, 0.5) is 13.2 Å². The Morgan fingerprint density at radius 2 is 2.27 bits per heavy atom. The van der Waals surface area contributed by atoms with Gasteiger partial charge in [0.15, 0.2) is 0 Å². The van der Waals surface area contributed by atoms with Crippen molar-refractivity contribution in [2.45, 2.75) is 18.7 Å². The molecule has 0 radical (unpaired) electrons. The van der Waals surface area contributed by atoms with Gasteiger partial charge in [0, 0.05) is 18.1 Å². The van der Waals surface area contributed by atoms with E-state index in [0.29, 0.717) is 18.1 Å². The topological polar surface area (TPSA) is 47.0 Å². The lowest BCUT2D eigenvalue weighted by atomic mass is 10.3. The van der Waals surface area contributed by atoms with Gasteiger partial charge in [0.05, 0.1) is 0 Å². The number of ether oxygens (including phenoxy) is 1. The van der Waals surface area contributed by atoms with Gasteiger partial charge in [0.1, 0.15) is 6.10 Å². The third kappa shape index (κ3) is 2.57. The van der Waals surface area contributed by atoms with Gasteiger partial charge in [-0.3, -0.25) is 0 Å². The second kappa shape index (κ2) is 3.93. The first-order valence-corrected chi connectivity index (χ1v) is 5.11. The Bertz CT molecular complexity index is 334. The molecule has 1 aromatic heterocycles. The molecule has 1 aromatic rings. The van der Waals surface area contributed by atoms with Crippen molar-refractivity contribution in [1.82, 2.24) is 14.7 Å². The van der Waals surface area contributed by atoms with Crippen LogP contribution in [0.15, 0.2) is 0 Å². The summed E-state index contributed by atoms with van der Waals surface area (Å²) < 4.78 is 44.8. The third-order valence-electron chi connectivity index (χ3n) is 1.94. The lowest BCUT2D eigenvalue weighted by Crippen LogP contribution is -2.19. The van der Waals surface area contributed by atoms with Gasteiger partial charge >= 0.3 is 6.18 Å². The van der Waals surface area contributed by atoms with Crippen LogP contribution in [-0.2, 0) is 6.18 Å². The molecule has 0 aromatic carbocycles. The van der Waals surface area contributed by atoms with Gasteiger partial charge in [-0.15, -0.1) is 0 Å². The molecule has 0 amide bonds. The molecule has 84 valence electrons. The van der Waals surface area contributed by atoms with Crippen molar-refractivity contribution in [3.63, 3.8) is 0 Å². The summed E-state index contributed by atoms with van der Waals surface area (Å²) in [5, 5.41) is 3.02. The second-order valence-corrected chi connectivity index (χ2v) is 3.83. The molecule has 1 aliphatic heterocycles. The average Bonchev–Trinajstić information content (AvgIpc) is 2.73. The van der Waals surface area contributed by atoms with Gasteiger partial charge in [-0.25, -0.2) is 0 Å². The minimum Gasteiger partial charge on any atom is -0.464 e. The van der Waals surface area contributed by atoms with Crippen molar-refractivity contribution in [2.24, 2.45) is 0 Å². The maximum Gasteiger partial charge on any atom is 0.452 e. The summed E-state index contributed by atoms with van der Waals surface area (Å²) in [4.78, 5) is 3.28. The average molecular weight is 239 g/mol. The molecule has 4 nitrogen and oxygen atoms in total. The predicted octanol–water partition coefficient (Wildman–Crippen LogP) is 1.30. The quantitative estimate of drug-likeness (QED) is 0.845. The maximum atomic E-state index is 12.1. The molecule has 8 heteroatoms. The summed E-state index contributed by atoms with van der Waals surface area (Å²) in [7, 11) is 0. The molecule has 1 aliphatic rings. The van der Waals surface area contributed by atoms with E-state index in [4.69, 9.17) is 4.74 Å². The number of hydrogen-bond donors (Lipinski definition) is 1. The van der Waals surface area contributed by atoms with Crippen molar-refractivity contribution in [3.8, 4) is 5.19 Å². The monoisotopic (exact) mass is 239 g/mol. The number of aromatic nitrogens is 2. The molecule has 15 heavy (non-hydrogen) atoms. The molecule has 1 fully saturated rings. The summed E-state index contributed by atoms with van der Waals surface area (Å²) in [6, 6.07) is 0. The van der Waals surface area contributed by atoms with Crippen LogP contribution in [0.2, 0.25) is 0 Å². The van der Waals surface area contributed by atoms with Crippen LogP contribution >= 0.6 is 11.5 Å². The van der Waals surface area contributed by atoms with E-state index in [2.05, 4.69) is 14.7 Å². The van der Waals surface area contributed by atoms with Crippen LogP contribution in [0.25, 0.3) is 0 Å². The van der Waals surface area contributed by atoms with Crippen LogP contribution in [0.3, 0.4) is 0 Å². The molecule has 0 saturated carbocycles. The number of rotatable bonds is 2. The van der Waals surface area contributed by atoms with E-state index in [1.54, 1.807) is 0 Å². The molecule has 0 spiro atoms. The molecule has 1 unspecified atom stereocenters. The van der Waals surface area contributed by atoms with E-state index in [0.717, 1.165) is 13.0 Å². The van der Waals surface area contributed by atoms with Crippen LogP contribution in [-0.4, -0.2) is 28.6 Å². The molecule has 1 atom stereocenters. The van der Waals surface area contributed by atoms with Crippen molar-refractivity contribution in [3.05, 3.63) is 5.82 Å². The first-order valence-electron chi connectivity index (χ1n) is 4.34. The number of alkyl halides is 3. The molecule has 0 aliphatic carbocycles. The number of hydrogen-bond acceptors (Lipinski definition) is 5. The SMILES string of the molecule is FC(F)(F)c1nsc(OC2CCNC2)n1. The largest absolute Gasteiger partial charge is 0.464 e. The fourth-order valence-corrected chi connectivity index (χ4v) is 1.86. The Hall–Kier alpha value is -0.890. The Labute approximate surface area is 87.6 Å². The van der Waals surface area contributed by atoms with Crippen LogP contribution in [0.5, 0.6) is 5.19 Å². The van der Waals surface area contributed by atoms with E-state index >= 15 is 0 Å². The highest BCUT2D eigenvalue weighted by Crippen LogP contribution is 2.30. The number of halogens is 3. The van der Waals surface area contributed by atoms with Crippen molar-refractivity contribution in [1.29, 1.82) is 0 Å². The second-order valence-electron chi connectivity index (χ2n) is 3.11. The normalized spacial score (nSPS) is 21.9. The maximum absolute atomic E-state index is 12.1. The zero-order valence-electron chi connectivity index (χ0n) is 7.54. The van der Waals surface area contributed by atoms with E-state index in [1.165, 1.54) is 0 Å². The van der Waals surface area contributed by atoms with E-state index in [1.807, 2.05) is 0 Å². The molecule has 1 saturated heterocycles. The first-order chi connectivity index (χ1) is 7.05. The summed E-state index contributed by atoms with van der Waals surface area (Å²) >= 11 is 0.632. The van der Waals surface area contributed by atoms with Gasteiger partial charge < -0.3 is 10.1 Å². The fraction of sp³-hybridized carbons (Fsp3) is 0.714. The van der Waals surface area contributed by atoms with E-state index < -0.39 is 12.0 Å². The minimum atomic E-state index is -4.49. The van der Waals surface area contributed by atoms with E-state index in [9.17, 15) is 13.2 Å². The smallest absolute Gasteiger partial charge is 0.452 e. The van der Waals surface area contributed by atoms with Crippen molar-refractivity contribution >= 4 is 11.5 Å². The Kier molecular flexibility index (Phi) is 2.79. The molecular weight excluding hydrogens is 231 g/mol. The van der Waals surface area contributed by atoms with Gasteiger partial charge in [0.2, 0.25) is 0 Å². The van der Waals surface area contributed by atoms with Gasteiger partial charge in [0.25, 0.3) is 11.0 Å². The zero-order valence-corrected chi connectivity index (χ0v) is 8.36. The lowest BCUT2D eigenvalue weighted by Gasteiger charge is -2.07. The summed E-state index contributed by atoms with van der Waals surface area (Å²) in [6.45, 7) is 1.45. The summed E-state index contributed by atoms with van der Waals surface area (Å²) in [5.74, 6) is -1.13. The van der Waals surface area contributed by atoms with Crippen molar-refractivity contribution in [2.75, 3.05) is 13.1 Å². The highest BCUT2D eigenvalue weighted by Gasteiger charge is 2.36. The van der Waals surface area contributed by atoms with Gasteiger partial charge in [-0.1, -0.05) is 0 Å². The highest BCUT2D eigenvalue weighted by atomic mass is 32.1. The zero-order chi connectivity index (χ0) is 10.9. The predicted molar refractivity (Wildman–Crippen MR) is 46.8 cm³/mol. The minimum absolute atomic E-state index is 0.0176. The summed E-state index contributed by atoms with van der Waals surface area (Å²) in [5.41, 5.74) is 0. The molecule has 2 rings (SSSR count).